The third-order valence-electron chi connectivity index (χ3n) is 5.14. The summed E-state index contributed by atoms with van der Waals surface area (Å²) in [6, 6.07) is 7.42. The first-order valence-corrected chi connectivity index (χ1v) is 12.7. The maximum atomic E-state index is 11.0. The molecule has 4 nitrogen and oxygen atoms in total. The van der Waals surface area contributed by atoms with Crippen LogP contribution in [0.3, 0.4) is 0 Å². The normalized spacial score (nSPS) is 15.9. The molecule has 0 aromatic heterocycles. The Balaban J connectivity index is 2.32. The molecule has 0 aliphatic carbocycles. The number of halogens is 4. The van der Waals surface area contributed by atoms with E-state index in [9.17, 15) is 10.2 Å². The van der Waals surface area contributed by atoms with E-state index in [1.807, 2.05) is 52.0 Å². The summed E-state index contributed by atoms with van der Waals surface area (Å²) >= 11 is 24.8. The molecular formula is C24H34Cl4N2O2. The molecule has 8 heteroatoms. The van der Waals surface area contributed by atoms with Crippen LogP contribution in [-0.2, 0) is 13.1 Å². The predicted molar refractivity (Wildman–Crippen MR) is 139 cm³/mol. The van der Waals surface area contributed by atoms with Crippen LogP contribution >= 0.6 is 46.4 Å². The van der Waals surface area contributed by atoms with Crippen LogP contribution in [-0.4, -0.2) is 67.7 Å². The van der Waals surface area contributed by atoms with Gasteiger partial charge in [0.25, 0.3) is 0 Å². The topological polar surface area (TPSA) is 46.9 Å². The molecule has 32 heavy (non-hydrogen) atoms. The number of rotatable bonds is 12. The van der Waals surface area contributed by atoms with Gasteiger partial charge in [0.05, 0.1) is 0 Å². The molecule has 0 fully saturated rings. The third kappa shape index (κ3) is 8.30. The van der Waals surface area contributed by atoms with Crippen LogP contribution in [0, 0.1) is 0 Å². The van der Waals surface area contributed by atoms with Crippen molar-refractivity contribution in [2.45, 2.75) is 62.3 Å². The zero-order chi connectivity index (χ0) is 24.0. The number of fused-ring (bicyclic) bond motifs is 1. The molecule has 0 unspecified atom stereocenters. The Morgan fingerprint density at radius 3 is 1.12 bits per heavy atom. The van der Waals surface area contributed by atoms with Crippen LogP contribution in [0.25, 0.3) is 10.8 Å². The maximum Gasteiger partial charge on any atom is 0.128 e. The van der Waals surface area contributed by atoms with Gasteiger partial charge in [0.15, 0.2) is 0 Å². The summed E-state index contributed by atoms with van der Waals surface area (Å²) in [6.45, 7) is 11.4. The van der Waals surface area contributed by atoms with Gasteiger partial charge in [0.2, 0.25) is 0 Å². The van der Waals surface area contributed by atoms with Gasteiger partial charge in [-0.15, -0.1) is 46.4 Å². The van der Waals surface area contributed by atoms with Crippen molar-refractivity contribution in [1.82, 2.24) is 9.80 Å². The van der Waals surface area contributed by atoms with Gasteiger partial charge < -0.3 is 10.2 Å². The second-order valence-corrected chi connectivity index (χ2v) is 11.7. The van der Waals surface area contributed by atoms with Gasteiger partial charge in [-0.3, -0.25) is 9.80 Å². The van der Waals surface area contributed by atoms with Crippen LogP contribution in [0.1, 0.15) is 38.8 Å². The molecule has 0 amide bonds. The molecule has 0 aliphatic heterocycles. The molecule has 0 saturated heterocycles. The Morgan fingerprint density at radius 1 is 0.594 bits per heavy atom. The maximum absolute atomic E-state index is 11.0. The fraction of sp³-hybridized carbons (Fsp3) is 0.583. The van der Waals surface area contributed by atoms with Gasteiger partial charge in [0.1, 0.15) is 11.5 Å². The second-order valence-electron chi connectivity index (χ2n) is 8.75. The third-order valence-corrected chi connectivity index (χ3v) is 5.69. The molecule has 0 spiro atoms. The van der Waals surface area contributed by atoms with E-state index in [1.165, 1.54) is 0 Å². The Hall–Kier alpha value is -0.620. The van der Waals surface area contributed by atoms with Gasteiger partial charge in [-0.05, 0) is 27.7 Å². The second kappa shape index (κ2) is 12.7. The SMILES string of the molecule is C[C@H](Cl)CN(Cc1ccc2c(O)c(CN(C[C@@H](C)Cl)C[C@@H](C)Cl)ccc2c1O)C[C@@H](C)Cl. The first kappa shape index (κ1) is 27.6. The highest BCUT2D eigenvalue weighted by Gasteiger charge is 2.19. The highest BCUT2D eigenvalue weighted by Crippen LogP contribution is 2.37. The van der Waals surface area contributed by atoms with E-state index in [2.05, 4.69) is 9.80 Å². The van der Waals surface area contributed by atoms with Crippen LogP contribution in [0.15, 0.2) is 24.3 Å². The Bertz CT molecular complexity index is 783. The van der Waals surface area contributed by atoms with Crippen LogP contribution in [0.2, 0.25) is 0 Å². The van der Waals surface area contributed by atoms with Gasteiger partial charge in [-0.25, -0.2) is 0 Å². The van der Waals surface area contributed by atoms with E-state index in [0.29, 0.717) is 50.0 Å². The summed E-state index contributed by atoms with van der Waals surface area (Å²) in [4.78, 5) is 4.26. The standard InChI is InChI=1S/C24H34Cl4N2O2/c1-15(25)9-29(10-16(2)26)13-19-5-7-22-21(23(19)31)8-6-20(24(22)32)14-30(11-17(3)27)12-18(4)28/h5-8,15-18,31-32H,9-14H2,1-4H3/t15-,16-,17-,18+/m1/s1. The van der Waals surface area contributed by atoms with Gasteiger partial charge in [0, 0.05) is 82.7 Å². The smallest absolute Gasteiger partial charge is 0.128 e. The number of phenolic OH excluding ortho intramolecular Hbond substituents is 2. The van der Waals surface area contributed by atoms with E-state index in [0.717, 1.165) is 11.1 Å². The van der Waals surface area contributed by atoms with Crippen molar-refractivity contribution in [3.63, 3.8) is 0 Å². The van der Waals surface area contributed by atoms with E-state index < -0.39 is 0 Å². The van der Waals surface area contributed by atoms with Crippen molar-refractivity contribution < 1.29 is 10.2 Å². The van der Waals surface area contributed by atoms with Gasteiger partial charge in [-0.2, -0.15) is 0 Å². The monoisotopic (exact) mass is 522 g/mol. The number of hydrogen-bond donors (Lipinski definition) is 2. The van der Waals surface area contributed by atoms with Crippen molar-refractivity contribution in [3.8, 4) is 11.5 Å². The molecule has 180 valence electrons. The van der Waals surface area contributed by atoms with E-state index in [-0.39, 0.29) is 33.0 Å². The molecule has 4 atom stereocenters. The highest BCUT2D eigenvalue weighted by molar-refractivity contribution is 6.21. The molecule has 2 aromatic rings. The summed E-state index contributed by atoms with van der Waals surface area (Å²) in [5.74, 6) is 0.332. The van der Waals surface area contributed by atoms with Crippen LogP contribution in [0.4, 0.5) is 0 Å². The van der Waals surface area contributed by atoms with Crippen molar-refractivity contribution in [2.75, 3.05) is 26.2 Å². The molecule has 0 aliphatic rings. The molecule has 2 aromatic carbocycles. The summed E-state index contributed by atoms with van der Waals surface area (Å²) < 4.78 is 0. The summed E-state index contributed by atoms with van der Waals surface area (Å²) in [5, 5.41) is 23.0. The lowest BCUT2D eigenvalue weighted by Crippen LogP contribution is -2.33. The molecule has 0 radical (unpaired) electrons. The summed E-state index contributed by atoms with van der Waals surface area (Å²) in [6.07, 6.45) is 0. The molecule has 0 heterocycles. The van der Waals surface area contributed by atoms with Crippen LogP contribution < -0.4 is 0 Å². The minimum absolute atomic E-state index is 0.0334. The number of aromatic hydroxyl groups is 2. The average Bonchev–Trinajstić information content (AvgIpc) is 2.64. The number of hydrogen-bond acceptors (Lipinski definition) is 4. The number of alkyl halides is 4. The zero-order valence-electron chi connectivity index (χ0n) is 19.2. The number of phenols is 2. The van der Waals surface area contributed by atoms with E-state index >= 15 is 0 Å². The molecule has 0 saturated carbocycles. The van der Waals surface area contributed by atoms with E-state index in [4.69, 9.17) is 46.4 Å². The van der Waals surface area contributed by atoms with Crippen molar-refractivity contribution >= 4 is 57.2 Å². The Labute approximate surface area is 212 Å². The lowest BCUT2D eigenvalue weighted by molar-refractivity contribution is 0.266. The highest BCUT2D eigenvalue weighted by atomic mass is 35.5. The van der Waals surface area contributed by atoms with Crippen molar-refractivity contribution in [1.29, 1.82) is 0 Å². The molecule has 2 N–H and O–H groups in total. The largest absolute Gasteiger partial charge is 0.507 e. The summed E-state index contributed by atoms with van der Waals surface area (Å²) in [7, 11) is 0. The van der Waals surface area contributed by atoms with E-state index in [1.54, 1.807) is 0 Å². The summed E-state index contributed by atoms with van der Waals surface area (Å²) in [5.41, 5.74) is 1.54. The fourth-order valence-corrected chi connectivity index (χ4v) is 4.81. The lowest BCUT2D eigenvalue weighted by atomic mass is 10.0. The van der Waals surface area contributed by atoms with Gasteiger partial charge in [-0.1, -0.05) is 24.3 Å². The molecule has 0 bridgehead atoms. The fourth-order valence-electron chi connectivity index (χ4n) is 4.03. The van der Waals surface area contributed by atoms with Crippen LogP contribution in [0.5, 0.6) is 11.5 Å². The first-order valence-electron chi connectivity index (χ1n) is 10.9. The Kier molecular flexibility index (Phi) is 11.0. The minimum Gasteiger partial charge on any atom is -0.507 e. The van der Waals surface area contributed by atoms with Gasteiger partial charge >= 0.3 is 0 Å². The predicted octanol–water partition coefficient (Wildman–Crippen LogP) is 6.36. The zero-order valence-corrected chi connectivity index (χ0v) is 22.2. The average molecular weight is 524 g/mol. The minimum atomic E-state index is -0.0334. The lowest BCUT2D eigenvalue weighted by Gasteiger charge is -2.26. The van der Waals surface area contributed by atoms with Crippen molar-refractivity contribution in [2.24, 2.45) is 0 Å². The molecular weight excluding hydrogens is 490 g/mol. The first-order chi connectivity index (χ1) is 15.0. The van der Waals surface area contributed by atoms with Crippen molar-refractivity contribution in [3.05, 3.63) is 35.4 Å². The number of nitrogens with zero attached hydrogens (tertiary/aromatic N) is 2. The molecule has 2 rings (SSSR count). The number of benzene rings is 2. The quantitative estimate of drug-likeness (QED) is 0.317. The Morgan fingerprint density at radius 2 is 0.875 bits per heavy atom.